The van der Waals surface area contributed by atoms with Crippen molar-refractivity contribution in [3.8, 4) is 0 Å². The highest BCUT2D eigenvalue weighted by molar-refractivity contribution is 14.1. The number of aromatic amines is 1. The molecule has 0 unspecified atom stereocenters. The molecule has 16 heavy (non-hydrogen) atoms. The highest BCUT2D eigenvalue weighted by Gasteiger charge is 2.02. The van der Waals surface area contributed by atoms with E-state index in [1.54, 1.807) is 12.1 Å². The Hall–Kier alpha value is -1.24. The van der Waals surface area contributed by atoms with Crippen molar-refractivity contribution in [1.29, 1.82) is 0 Å². The van der Waals surface area contributed by atoms with Crippen molar-refractivity contribution in [2.45, 2.75) is 6.42 Å². The maximum Gasteiger partial charge on any atom is 0.264 e. The molecular weight excluding hydrogens is 322 g/mol. The van der Waals surface area contributed by atoms with Gasteiger partial charge in [-0.3, -0.25) is 4.79 Å². The van der Waals surface area contributed by atoms with Gasteiger partial charge in [0.2, 0.25) is 0 Å². The summed E-state index contributed by atoms with van der Waals surface area (Å²) in [7, 11) is 0. The molecule has 0 bridgehead atoms. The molecule has 2 rings (SSSR count). The van der Waals surface area contributed by atoms with Gasteiger partial charge >= 0.3 is 0 Å². The van der Waals surface area contributed by atoms with E-state index in [-0.39, 0.29) is 11.4 Å². The van der Waals surface area contributed by atoms with E-state index in [2.05, 4.69) is 9.97 Å². The third-order valence-electron chi connectivity index (χ3n) is 2.07. The summed E-state index contributed by atoms with van der Waals surface area (Å²) >= 11 is 1.91. The normalized spacial score (nSPS) is 10.4. The monoisotopic (exact) mass is 330 g/mol. The summed E-state index contributed by atoms with van der Waals surface area (Å²) in [6, 6.07) is 6.24. The summed E-state index contributed by atoms with van der Waals surface area (Å²) in [6.45, 7) is 0. The van der Waals surface area contributed by atoms with Crippen LogP contribution in [-0.2, 0) is 6.42 Å². The Kier molecular flexibility index (Phi) is 3.33. The molecule has 82 valence electrons. The fraction of sp³-hybridized carbons (Fsp3) is 0.0909. The van der Waals surface area contributed by atoms with Crippen LogP contribution in [0.5, 0.6) is 0 Å². The predicted octanol–water partition coefficient (Wildman–Crippen LogP) is 2.10. The van der Waals surface area contributed by atoms with Gasteiger partial charge in [-0.25, -0.2) is 9.37 Å². The van der Waals surface area contributed by atoms with Gasteiger partial charge in [0.05, 0.1) is 3.57 Å². The van der Waals surface area contributed by atoms with E-state index < -0.39 is 0 Å². The lowest BCUT2D eigenvalue weighted by Gasteiger charge is -2.01. The Labute approximate surface area is 105 Å². The van der Waals surface area contributed by atoms with E-state index >= 15 is 0 Å². The molecule has 5 heteroatoms. The molecule has 0 fully saturated rings. The number of rotatable bonds is 2. The van der Waals surface area contributed by atoms with Gasteiger partial charge in [-0.1, -0.05) is 12.1 Å². The molecule has 0 spiro atoms. The van der Waals surface area contributed by atoms with Crippen LogP contribution >= 0.6 is 22.6 Å². The highest BCUT2D eigenvalue weighted by Crippen LogP contribution is 2.07. The van der Waals surface area contributed by atoms with Gasteiger partial charge < -0.3 is 4.98 Å². The second kappa shape index (κ2) is 4.73. The number of aromatic nitrogens is 2. The molecule has 1 N–H and O–H groups in total. The third-order valence-corrected chi connectivity index (χ3v) is 2.84. The molecule has 0 atom stereocenters. The standard InChI is InChI=1S/C11H8FIN2O/c12-8-3-1-2-7(4-8)5-10-14-6-9(13)11(16)15-10/h1-4,6H,5H2,(H,14,15,16). The number of nitrogens with one attached hydrogen (secondary N) is 1. The Bertz CT molecular complexity index is 568. The van der Waals surface area contributed by atoms with Crippen LogP contribution in [0.1, 0.15) is 11.4 Å². The number of hydrogen-bond acceptors (Lipinski definition) is 2. The molecule has 0 aliphatic carbocycles. The van der Waals surface area contributed by atoms with E-state index in [1.807, 2.05) is 22.6 Å². The lowest BCUT2D eigenvalue weighted by Crippen LogP contribution is -2.13. The molecule has 0 saturated carbocycles. The SMILES string of the molecule is O=c1[nH]c(Cc2cccc(F)c2)ncc1I. The summed E-state index contributed by atoms with van der Waals surface area (Å²) in [5.41, 5.74) is 0.617. The molecule has 1 heterocycles. The Morgan fingerprint density at radius 3 is 2.94 bits per heavy atom. The van der Waals surface area contributed by atoms with E-state index in [0.717, 1.165) is 5.56 Å². The lowest BCUT2D eigenvalue weighted by molar-refractivity contribution is 0.625. The molecule has 0 saturated heterocycles. The first kappa shape index (κ1) is 11.3. The largest absolute Gasteiger partial charge is 0.309 e. The fourth-order valence-electron chi connectivity index (χ4n) is 1.35. The van der Waals surface area contributed by atoms with E-state index in [0.29, 0.717) is 15.8 Å². The topological polar surface area (TPSA) is 45.8 Å². The Morgan fingerprint density at radius 1 is 1.44 bits per heavy atom. The van der Waals surface area contributed by atoms with Crippen molar-refractivity contribution < 1.29 is 4.39 Å². The molecule has 2 aromatic rings. The van der Waals surface area contributed by atoms with Crippen LogP contribution in [0.2, 0.25) is 0 Å². The zero-order valence-electron chi connectivity index (χ0n) is 8.21. The molecule has 0 aliphatic heterocycles. The summed E-state index contributed by atoms with van der Waals surface area (Å²) in [5.74, 6) is 0.251. The fourth-order valence-corrected chi connectivity index (χ4v) is 1.62. The van der Waals surface area contributed by atoms with Gasteiger partial charge in [0.1, 0.15) is 11.6 Å². The molecular formula is C11H8FIN2O. The van der Waals surface area contributed by atoms with E-state index in [4.69, 9.17) is 0 Å². The van der Waals surface area contributed by atoms with Gasteiger partial charge in [0.15, 0.2) is 0 Å². The van der Waals surface area contributed by atoms with E-state index in [1.165, 1.54) is 18.3 Å². The van der Waals surface area contributed by atoms with Gasteiger partial charge in [0, 0.05) is 12.6 Å². The number of hydrogen-bond donors (Lipinski definition) is 1. The number of halogens is 2. The van der Waals surface area contributed by atoms with Crippen LogP contribution in [-0.4, -0.2) is 9.97 Å². The zero-order valence-corrected chi connectivity index (χ0v) is 10.4. The molecule has 0 amide bonds. The van der Waals surface area contributed by atoms with E-state index in [9.17, 15) is 9.18 Å². The number of H-pyrrole nitrogens is 1. The van der Waals surface area contributed by atoms with Crippen molar-refractivity contribution in [2.24, 2.45) is 0 Å². The first-order chi connectivity index (χ1) is 7.65. The van der Waals surface area contributed by atoms with Crippen LogP contribution < -0.4 is 5.56 Å². The average molecular weight is 330 g/mol. The Morgan fingerprint density at radius 2 is 2.25 bits per heavy atom. The predicted molar refractivity (Wildman–Crippen MR) is 66.8 cm³/mol. The molecule has 1 aromatic carbocycles. The van der Waals surface area contributed by atoms with Gasteiger partial charge in [-0.15, -0.1) is 0 Å². The van der Waals surface area contributed by atoms with Crippen LogP contribution in [0.25, 0.3) is 0 Å². The maximum absolute atomic E-state index is 12.9. The van der Waals surface area contributed by atoms with Crippen LogP contribution in [0.4, 0.5) is 4.39 Å². The van der Waals surface area contributed by atoms with Gasteiger partial charge in [-0.2, -0.15) is 0 Å². The highest BCUT2D eigenvalue weighted by atomic mass is 127. The smallest absolute Gasteiger partial charge is 0.264 e. The van der Waals surface area contributed by atoms with Gasteiger partial charge in [-0.05, 0) is 40.3 Å². The minimum absolute atomic E-state index is 0.165. The quantitative estimate of drug-likeness (QED) is 0.858. The van der Waals surface area contributed by atoms with Crippen LogP contribution in [0.3, 0.4) is 0 Å². The first-order valence-electron chi connectivity index (χ1n) is 4.63. The zero-order chi connectivity index (χ0) is 11.5. The summed E-state index contributed by atoms with van der Waals surface area (Å²) in [5, 5.41) is 0. The minimum Gasteiger partial charge on any atom is -0.309 e. The summed E-state index contributed by atoms with van der Waals surface area (Å²) in [4.78, 5) is 18.0. The van der Waals surface area contributed by atoms with Crippen molar-refractivity contribution in [3.63, 3.8) is 0 Å². The summed E-state index contributed by atoms with van der Waals surface area (Å²) < 4.78 is 13.5. The molecule has 3 nitrogen and oxygen atoms in total. The number of benzene rings is 1. The van der Waals surface area contributed by atoms with Crippen molar-refractivity contribution >= 4 is 22.6 Å². The Balaban J connectivity index is 2.27. The van der Waals surface area contributed by atoms with Crippen molar-refractivity contribution in [1.82, 2.24) is 9.97 Å². The number of nitrogens with zero attached hydrogens (tertiary/aromatic N) is 1. The summed E-state index contributed by atoms with van der Waals surface area (Å²) in [6.07, 6.45) is 1.93. The third kappa shape index (κ3) is 2.66. The van der Waals surface area contributed by atoms with Crippen molar-refractivity contribution in [2.75, 3.05) is 0 Å². The maximum atomic E-state index is 12.9. The van der Waals surface area contributed by atoms with Crippen LogP contribution in [0.15, 0.2) is 35.3 Å². The molecule has 0 radical (unpaired) electrons. The first-order valence-corrected chi connectivity index (χ1v) is 5.71. The van der Waals surface area contributed by atoms with Crippen molar-refractivity contribution in [3.05, 3.63) is 61.6 Å². The average Bonchev–Trinajstić information content (AvgIpc) is 2.24. The second-order valence-electron chi connectivity index (χ2n) is 3.31. The van der Waals surface area contributed by atoms with Gasteiger partial charge in [0.25, 0.3) is 5.56 Å². The lowest BCUT2D eigenvalue weighted by atomic mass is 10.1. The minimum atomic E-state index is -0.287. The second-order valence-corrected chi connectivity index (χ2v) is 4.48. The van der Waals surface area contributed by atoms with Crippen LogP contribution in [0, 0.1) is 9.39 Å². The molecule has 0 aliphatic rings. The molecule has 1 aromatic heterocycles.